The minimum atomic E-state index is -1.10. The minimum Gasteiger partial charge on any atom is -0.445 e. The monoisotopic (exact) mass is 1300 g/mol. The van der Waals surface area contributed by atoms with E-state index in [9.17, 15) is 57.8 Å². The van der Waals surface area contributed by atoms with E-state index in [-0.39, 0.29) is 105 Å². The highest BCUT2D eigenvalue weighted by atomic mass is 16.6. The highest BCUT2D eigenvalue weighted by Gasteiger charge is 2.53. The van der Waals surface area contributed by atoms with Crippen LogP contribution in [-0.4, -0.2) is 198 Å². The number of hydrogen-bond acceptors (Lipinski definition) is 15. The Balaban J connectivity index is 1.01. The van der Waals surface area contributed by atoms with Crippen molar-refractivity contribution in [3.05, 3.63) is 77.9 Å². The largest absolute Gasteiger partial charge is 0.445 e. The normalized spacial score (nSPS) is 20.4. The molecule has 2 aromatic rings. The molecule has 4 aliphatic rings. The second-order valence-electron chi connectivity index (χ2n) is 25.5. The third-order valence-electron chi connectivity index (χ3n) is 18.6. The molecule has 3 heterocycles. The topological polar surface area (TPSA) is 347 Å². The summed E-state index contributed by atoms with van der Waals surface area (Å²) in [6.45, 7) is 11.2. The van der Waals surface area contributed by atoms with Crippen LogP contribution in [0, 0.1) is 23.7 Å². The molecule has 1 aliphatic carbocycles. The number of aliphatic hydroxyl groups is 1. The van der Waals surface area contributed by atoms with E-state index < -0.39 is 96.2 Å². The molecule has 12 amide bonds. The number of carbonyl (C=O) groups excluding carboxylic acids is 11. The number of nitrogens with zero attached hydrogens (tertiary/aromatic N) is 4. The first-order valence-corrected chi connectivity index (χ1v) is 32.8. The average Bonchev–Trinajstić information content (AvgIpc) is 1.64. The first-order chi connectivity index (χ1) is 44.4. The maximum absolute atomic E-state index is 14.5. The standard InChI is InChI=1S/C67H99N11O15/c1-10-41(4)58(52(91-8)37-56(83)76-34-18-22-51(76)60(92-9)42(5)61(84)72-48(38-79)35-44-19-13-11-14-20-44)75(7)65(88)43(6)70-64(87)59-46-26-29-49(36-46)78(59)67(90)93-39-45-24-27-47(28-25-45)71-62(85)50(21-17-32-69-66(68)89)73-63(86)57(40(2)3)74-53(80)23-15-12-16-33-77-54(81)30-31-55(77)82/h11,13-14,19-20,24-25,27-28,30-31,40-43,46,48-52,57-60,79H,10,12,15-18,21-23,26,29,32-39H2,1-9H3,(H,70,87)(H,71,85)(H,72,84)(H,73,86)(H,74,80)(H3,68,69,89)/t41-,42+,43-,46-,48-,49+,50-,51-,52+,57-,58-,59-,60+/m0/s1. The molecule has 2 bridgehead atoms. The van der Waals surface area contributed by atoms with Gasteiger partial charge in [0.2, 0.25) is 41.4 Å². The van der Waals surface area contributed by atoms with Crippen LogP contribution in [-0.2, 0) is 70.4 Å². The summed E-state index contributed by atoms with van der Waals surface area (Å²) in [7, 11) is 4.66. The maximum atomic E-state index is 14.5. The van der Waals surface area contributed by atoms with Gasteiger partial charge in [-0.05, 0) is 112 Å². The number of amides is 12. The van der Waals surface area contributed by atoms with Crippen molar-refractivity contribution in [1.29, 1.82) is 0 Å². The van der Waals surface area contributed by atoms with Gasteiger partial charge in [-0.2, -0.15) is 0 Å². The first-order valence-electron chi connectivity index (χ1n) is 32.8. The van der Waals surface area contributed by atoms with Crippen molar-refractivity contribution in [1.82, 2.24) is 46.2 Å². The van der Waals surface area contributed by atoms with Crippen molar-refractivity contribution in [3.63, 3.8) is 0 Å². The molecule has 1 saturated carbocycles. The zero-order valence-electron chi connectivity index (χ0n) is 55.4. The smallest absolute Gasteiger partial charge is 0.411 e. The van der Waals surface area contributed by atoms with Crippen molar-refractivity contribution >= 4 is 71.0 Å². The third kappa shape index (κ3) is 20.5. The lowest BCUT2D eigenvalue weighted by Crippen LogP contribution is -2.59. The Hall–Kier alpha value is -7.97. The fourth-order valence-electron chi connectivity index (χ4n) is 13.3. The summed E-state index contributed by atoms with van der Waals surface area (Å²) in [6.07, 6.45) is 6.56. The van der Waals surface area contributed by atoms with E-state index in [1.807, 2.05) is 44.2 Å². The Kier molecular flexibility index (Phi) is 28.6. The molecule has 93 heavy (non-hydrogen) atoms. The molecule has 0 aromatic heterocycles. The number of unbranched alkanes of at least 4 members (excludes halogenated alkanes) is 2. The summed E-state index contributed by atoms with van der Waals surface area (Å²) in [5, 5.41) is 26.8. The molecule has 6 rings (SSSR count). The van der Waals surface area contributed by atoms with Gasteiger partial charge in [0.05, 0.1) is 49.3 Å². The van der Waals surface area contributed by atoms with Crippen LogP contribution in [0.15, 0.2) is 66.7 Å². The predicted octanol–water partition coefficient (Wildman–Crippen LogP) is 3.82. The second-order valence-corrected chi connectivity index (χ2v) is 25.5. The molecule has 3 fully saturated rings. The molecule has 0 unspecified atom stereocenters. The van der Waals surface area contributed by atoms with Crippen LogP contribution in [0.1, 0.15) is 136 Å². The van der Waals surface area contributed by atoms with Gasteiger partial charge >= 0.3 is 12.1 Å². The molecule has 0 spiro atoms. The van der Waals surface area contributed by atoms with Crippen LogP contribution in [0.4, 0.5) is 15.3 Å². The lowest BCUT2D eigenvalue weighted by atomic mass is 9.90. The van der Waals surface area contributed by atoms with E-state index in [4.69, 9.17) is 19.9 Å². The molecule has 2 aromatic carbocycles. The number of anilines is 1. The third-order valence-corrected chi connectivity index (χ3v) is 18.6. The second kappa shape index (κ2) is 35.9. The Labute approximate surface area is 545 Å². The number of rotatable bonds is 36. The number of primary amides is 1. The SMILES string of the molecule is CC[C@H](C)[C@@H]([C@@H](CC(=O)N1CCC[C@H]1[C@H](OC)[C@@H](C)C(=O)N[C@H](CO)Cc1ccccc1)OC)N(C)C(=O)[C@H](C)NC(=O)[C@@H]1[C@H]2CC[C@H](C2)N1C(=O)OCc1ccc(NC(=O)[C@H](CCCNC(N)=O)NC(=O)[C@@H](NC(=O)CCCCCN2C(=O)C=CC2=O)C(C)C)cc1. The number of benzene rings is 2. The van der Waals surface area contributed by atoms with Crippen LogP contribution < -0.4 is 37.6 Å². The minimum absolute atomic E-state index is 0.0733. The molecule has 3 aliphatic heterocycles. The van der Waals surface area contributed by atoms with Gasteiger partial charge in [-0.1, -0.05) is 89.9 Å². The number of carbonyl (C=O) groups is 11. The van der Waals surface area contributed by atoms with Gasteiger partial charge < -0.3 is 66.8 Å². The molecule has 2 saturated heterocycles. The number of nitrogens with one attached hydrogen (secondary N) is 6. The van der Waals surface area contributed by atoms with Crippen LogP contribution in [0.2, 0.25) is 0 Å². The Morgan fingerprint density at radius 3 is 2.12 bits per heavy atom. The Morgan fingerprint density at radius 2 is 1.48 bits per heavy atom. The molecule has 13 atom stereocenters. The summed E-state index contributed by atoms with van der Waals surface area (Å²) in [5.41, 5.74) is 7.13. The number of urea groups is 1. The lowest BCUT2D eigenvalue weighted by molar-refractivity contribution is -0.147. The molecular weight excluding hydrogens is 1200 g/mol. The van der Waals surface area contributed by atoms with Gasteiger partial charge in [0, 0.05) is 71.2 Å². The van der Waals surface area contributed by atoms with E-state index in [0.717, 1.165) is 10.5 Å². The summed E-state index contributed by atoms with van der Waals surface area (Å²) in [4.78, 5) is 152. The number of nitrogens with two attached hydrogens (primary N) is 1. The number of likely N-dealkylation sites (N-methyl/N-ethyl adjacent to an activating group) is 1. The van der Waals surface area contributed by atoms with Crippen molar-refractivity contribution in [2.75, 3.05) is 52.8 Å². The van der Waals surface area contributed by atoms with Crippen molar-refractivity contribution in [2.24, 2.45) is 29.4 Å². The van der Waals surface area contributed by atoms with E-state index in [2.05, 4.69) is 31.9 Å². The van der Waals surface area contributed by atoms with E-state index in [1.165, 1.54) is 36.2 Å². The van der Waals surface area contributed by atoms with Crippen LogP contribution >= 0.6 is 0 Å². The first kappa shape index (κ1) is 74.1. The zero-order valence-corrected chi connectivity index (χ0v) is 55.4. The van der Waals surface area contributed by atoms with E-state index >= 15 is 0 Å². The number of imide groups is 1. The van der Waals surface area contributed by atoms with Crippen LogP contribution in [0.5, 0.6) is 0 Å². The highest BCUT2D eigenvalue weighted by Crippen LogP contribution is 2.43. The number of likely N-dealkylation sites (tertiary alicyclic amines) is 2. The molecule has 9 N–H and O–H groups in total. The quantitative estimate of drug-likeness (QED) is 0.0355. The van der Waals surface area contributed by atoms with Crippen molar-refractivity contribution in [3.8, 4) is 0 Å². The Bertz CT molecular complexity index is 2910. The maximum Gasteiger partial charge on any atom is 0.411 e. The van der Waals surface area contributed by atoms with Gasteiger partial charge in [0.25, 0.3) is 11.8 Å². The van der Waals surface area contributed by atoms with E-state index in [0.29, 0.717) is 82.0 Å². The fourth-order valence-corrected chi connectivity index (χ4v) is 13.3. The van der Waals surface area contributed by atoms with E-state index in [1.54, 1.807) is 63.9 Å². The summed E-state index contributed by atoms with van der Waals surface area (Å²) < 4.78 is 17.8. The van der Waals surface area contributed by atoms with Crippen LogP contribution in [0.25, 0.3) is 0 Å². The number of piperidine rings is 1. The Morgan fingerprint density at radius 1 is 0.785 bits per heavy atom. The van der Waals surface area contributed by atoms with Gasteiger partial charge in [-0.15, -0.1) is 0 Å². The number of methoxy groups -OCH3 is 2. The number of aliphatic hydroxyl groups excluding tert-OH is 1. The zero-order chi connectivity index (χ0) is 68.1. The van der Waals surface area contributed by atoms with Crippen molar-refractivity contribution < 1.29 is 72.1 Å². The van der Waals surface area contributed by atoms with Gasteiger partial charge in [0.15, 0.2) is 0 Å². The summed E-state index contributed by atoms with van der Waals surface area (Å²) >= 11 is 0. The fraction of sp³-hybridized carbons (Fsp3) is 0.627. The van der Waals surface area contributed by atoms with Gasteiger partial charge in [0.1, 0.15) is 30.8 Å². The van der Waals surface area contributed by atoms with Gasteiger partial charge in [-0.3, -0.25) is 53.0 Å². The average molecular weight is 1300 g/mol. The number of fused-ring (bicyclic) bond motifs is 2. The molecule has 26 heteroatoms. The number of hydrogen-bond donors (Lipinski definition) is 8. The molecule has 26 nitrogen and oxygen atoms in total. The molecule has 512 valence electrons. The molecule has 0 radical (unpaired) electrons. The number of ether oxygens (including phenoxy) is 3. The van der Waals surface area contributed by atoms with Crippen LogP contribution in [0.3, 0.4) is 0 Å². The summed E-state index contributed by atoms with van der Waals surface area (Å²) in [5.74, 6) is -5.08. The lowest BCUT2D eigenvalue weighted by Gasteiger charge is -2.40. The predicted molar refractivity (Wildman–Crippen MR) is 345 cm³/mol. The highest BCUT2D eigenvalue weighted by molar-refractivity contribution is 6.12. The van der Waals surface area contributed by atoms with Crippen molar-refractivity contribution in [2.45, 2.75) is 199 Å². The summed E-state index contributed by atoms with van der Waals surface area (Å²) in [6, 6.07) is 9.47. The molecular formula is C67H99N11O15. The van der Waals surface area contributed by atoms with Gasteiger partial charge in [-0.25, -0.2) is 9.59 Å².